The number of anilines is 1. The summed E-state index contributed by atoms with van der Waals surface area (Å²) in [6.07, 6.45) is 7.33. The molecule has 7 heterocycles. The van der Waals surface area contributed by atoms with Crippen molar-refractivity contribution in [2.45, 2.75) is 170 Å². The number of β-amino-alcohol motifs (C(OH)–C–C–N with tert-alkyl or cyclic N) is 1. The lowest BCUT2D eigenvalue weighted by molar-refractivity contribution is -0.125. The molecule has 3 saturated carbocycles. The van der Waals surface area contributed by atoms with Gasteiger partial charge in [-0.3, -0.25) is 14.6 Å². The summed E-state index contributed by atoms with van der Waals surface area (Å²) in [4.78, 5) is 64.3. The molecular formula is C88H99Cl3F6N10O14S3. The van der Waals surface area contributed by atoms with E-state index < -0.39 is 136 Å². The number of hydrogen-bond acceptors (Lipinski definition) is 17. The van der Waals surface area contributed by atoms with Gasteiger partial charge in [-0.2, -0.15) is 12.9 Å². The molecule has 1 spiro atoms. The van der Waals surface area contributed by atoms with E-state index in [4.69, 9.17) is 49.0 Å². The Kier molecular flexibility index (Phi) is 27.7. The number of carbonyl (C=O) groups excluding carboxylic acids is 4. The number of ether oxygens (including phenoxy) is 3. The number of aliphatic hydroxyl groups excluding tert-OH is 1. The van der Waals surface area contributed by atoms with Crippen molar-refractivity contribution in [1.29, 1.82) is 0 Å². The molecule has 0 radical (unpaired) electrons. The SMILES string of the molecule is O=C(OC1([C@H]2CCC[C@@H](c3cc(F)cc(F)c3)N2S(=O)(=O)c2ccc(Cl)cc2)CC1)N1CCC2(CC1)C(=O)NCN2c1ccccc1.O=C(OC1([C@H]2CCC[C@@H](c3cc(F)cc(F)c3)N2S(=O)(=O)c2ccc(Cl)cc2)CC1)N1CCN(CCO)CC1.O=C(OC[C@H]1CCC(c2cc(F)cc(F)c2)CN1S(=O)(=O)c1ccc(Cl)cc1)N1CCN(CC2CC2)CC1. The first-order valence-corrected chi connectivity index (χ1v) is 47.6. The van der Waals surface area contributed by atoms with E-state index in [1.54, 1.807) is 14.7 Å². The van der Waals surface area contributed by atoms with Gasteiger partial charge in [0.05, 0.1) is 58.2 Å². The number of piperazine rings is 2. The van der Waals surface area contributed by atoms with E-state index in [0.717, 1.165) is 73.7 Å². The molecule has 1 unspecified atom stereocenters. The fourth-order valence-electron chi connectivity index (χ4n) is 18.7. The summed E-state index contributed by atoms with van der Waals surface area (Å²) in [6.45, 7) is 7.39. The molecule has 3 aliphatic carbocycles. The van der Waals surface area contributed by atoms with Crippen LogP contribution in [-0.4, -0.2) is 232 Å². The van der Waals surface area contributed by atoms with E-state index in [-0.39, 0.29) is 64.6 Å². The average Bonchev–Trinajstić information content (AvgIpc) is 1.48. The Balaban J connectivity index is 0.000000145. The molecule has 10 fully saturated rings. The molecule has 7 aromatic rings. The van der Waals surface area contributed by atoms with Gasteiger partial charge in [0.1, 0.15) is 58.3 Å². The van der Waals surface area contributed by atoms with Crippen LogP contribution in [0, 0.1) is 40.8 Å². The number of rotatable bonds is 20. The maximum atomic E-state index is 14.4. The Hall–Kier alpha value is -8.32. The summed E-state index contributed by atoms with van der Waals surface area (Å²) in [5.74, 6) is -4.28. The Labute approximate surface area is 733 Å². The number of carbonyl (C=O) groups is 4. The number of sulfonamides is 3. The molecule has 10 aliphatic rings. The van der Waals surface area contributed by atoms with Crippen molar-refractivity contribution < 1.29 is 90.1 Å². The van der Waals surface area contributed by atoms with Crippen molar-refractivity contribution >= 4 is 94.7 Å². The minimum atomic E-state index is -4.23. The number of aliphatic hydroxyl groups is 1. The number of para-hydroxylation sites is 1. The molecule has 666 valence electrons. The van der Waals surface area contributed by atoms with Crippen LogP contribution in [0.15, 0.2) is 172 Å². The summed E-state index contributed by atoms with van der Waals surface area (Å²) in [5, 5.41) is 13.3. The molecular weight excluding hydrogens is 1740 g/mol. The molecule has 7 aromatic carbocycles. The van der Waals surface area contributed by atoms with Gasteiger partial charge >= 0.3 is 18.3 Å². The third-order valence-corrected chi connectivity index (χ3v) is 32.3. The van der Waals surface area contributed by atoms with Crippen molar-refractivity contribution in [2.24, 2.45) is 5.92 Å². The van der Waals surface area contributed by atoms with Gasteiger partial charge in [-0.1, -0.05) is 53.0 Å². The number of hydrogen-bond donors (Lipinski definition) is 2. The number of nitrogens with one attached hydrogen (secondary N) is 1. The highest BCUT2D eigenvalue weighted by atomic mass is 35.5. The predicted molar refractivity (Wildman–Crippen MR) is 451 cm³/mol. The smallest absolute Gasteiger partial charge is 0.410 e. The lowest BCUT2D eigenvalue weighted by atomic mass is 9.86. The van der Waals surface area contributed by atoms with Gasteiger partial charge in [-0.05, 0) is 253 Å². The van der Waals surface area contributed by atoms with Gasteiger partial charge in [-0.15, -0.1) is 0 Å². The fraction of sp³-hybridized carbons (Fsp3) is 0.477. The summed E-state index contributed by atoms with van der Waals surface area (Å²) in [7, 11) is -12.4. The van der Waals surface area contributed by atoms with E-state index in [1.165, 1.54) is 111 Å². The molecule has 24 nitrogen and oxygen atoms in total. The molecule has 124 heavy (non-hydrogen) atoms. The molecule has 7 aliphatic heterocycles. The largest absolute Gasteiger partial charge is 0.448 e. The molecule has 17 rings (SSSR count). The molecule has 0 aromatic heterocycles. The van der Waals surface area contributed by atoms with Crippen LogP contribution in [0.4, 0.5) is 46.4 Å². The Morgan fingerprint density at radius 1 is 0.460 bits per heavy atom. The van der Waals surface area contributed by atoms with Gasteiger partial charge in [0, 0.05) is 124 Å². The van der Waals surface area contributed by atoms with Gasteiger partial charge < -0.3 is 44.2 Å². The van der Waals surface area contributed by atoms with E-state index in [0.29, 0.717) is 163 Å². The van der Waals surface area contributed by atoms with Crippen LogP contribution in [0.25, 0.3) is 0 Å². The van der Waals surface area contributed by atoms with Crippen LogP contribution in [0.1, 0.15) is 137 Å². The average molecular weight is 1840 g/mol. The first kappa shape index (κ1) is 90.5. The van der Waals surface area contributed by atoms with Crippen molar-refractivity contribution in [2.75, 3.05) is 110 Å². The number of nitrogens with zero attached hydrogens (tertiary/aromatic N) is 9. The van der Waals surface area contributed by atoms with Crippen LogP contribution < -0.4 is 10.2 Å². The minimum absolute atomic E-state index is 0.00260. The zero-order chi connectivity index (χ0) is 87.6. The monoisotopic (exact) mass is 1830 g/mol. The van der Waals surface area contributed by atoms with Crippen LogP contribution in [0.3, 0.4) is 0 Å². The molecule has 36 heteroatoms. The number of halogens is 9. The van der Waals surface area contributed by atoms with Gasteiger partial charge in [0.25, 0.3) is 0 Å². The summed E-state index contributed by atoms with van der Waals surface area (Å²) in [6, 6.07) is 32.7. The number of amides is 4. The van der Waals surface area contributed by atoms with Crippen molar-refractivity contribution in [3.63, 3.8) is 0 Å². The lowest BCUT2D eigenvalue weighted by Gasteiger charge is -2.46. The number of benzene rings is 7. The second-order valence-corrected chi connectivity index (χ2v) is 40.6. The lowest BCUT2D eigenvalue weighted by Crippen LogP contribution is -2.58. The summed E-state index contributed by atoms with van der Waals surface area (Å²) >= 11 is 18.0. The van der Waals surface area contributed by atoms with Crippen LogP contribution in [-0.2, 0) is 49.1 Å². The highest BCUT2D eigenvalue weighted by Crippen LogP contribution is 2.55. The summed E-state index contributed by atoms with van der Waals surface area (Å²) in [5.41, 5.74) is -1.16. The predicted octanol–water partition coefficient (Wildman–Crippen LogP) is 14.9. The van der Waals surface area contributed by atoms with Gasteiger partial charge in [-0.25, -0.2) is 66.0 Å². The second kappa shape index (κ2) is 37.9. The quantitative estimate of drug-likeness (QED) is 0.0531. The molecule has 6 atom stereocenters. The molecule has 7 saturated heterocycles. The van der Waals surface area contributed by atoms with Gasteiger partial charge in [0.2, 0.25) is 36.0 Å². The van der Waals surface area contributed by atoms with Crippen LogP contribution in [0.5, 0.6) is 0 Å². The fourth-order valence-corrected chi connectivity index (χ4v) is 24.6. The van der Waals surface area contributed by atoms with Crippen LogP contribution in [0.2, 0.25) is 15.1 Å². The van der Waals surface area contributed by atoms with Crippen molar-refractivity contribution in [3.05, 3.63) is 224 Å². The topological polar surface area (TPSA) is 260 Å². The van der Waals surface area contributed by atoms with Crippen molar-refractivity contribution in [3.8, 4) is 0 Å². The minimum Gasteiger partial charge on any atom is -0.448 e. The van der Waals surface area contributed by atoms with E-state index >= 15 is 0 Å². The maximum absolute atomic E-state index is 14.4. The first-order chi connectivity index (χ1) is 59.3. The highest BCUT2D eigenvalue weighted by molar-refractivity contribution is 7.89. The number of piperidine rings is 4. The summed E-state index contributed by atoms with van der Waals surface area (Å²) < 4.78 is 191. The maximum Gasteiger partial charge on any atom is 0.410 e. The van der Waals surface area contributed by atoms with Crippen LogP contribution >= 0.6 is 34.8 Å². The Morgan fingerprint density at radius 3 is 1.30 bits per heavy atom. The molecule has 4 amide bonds. The zero-order valence-electron chi connectivity index (χ0n) is 68.1. The third-order valence-electron chi connectivity index (χ3n) is 25.7. The molecule has 2 N–H and O–H groups in total. The van der Waals surface area contributed by atoms with E-state index in [9.17, 15) is 75.9 Å². The standard InChI is InChI=1S/C34H35ClF2N4O5S.C27H32ClF2N3O5S.C27H32ClF2N3O4S/c35-24-9-11-28(12-10-24)47(44,45)41-29(23-19-25(36)21-26(37)20-23)7-4-8-30(41)34(13-14-34)46-32(43)39-17-15-33(16-18-39)31(42)38-22-40(33)27-5-2-1-3-6-27;28-20-4-6-23(7-5-20)39(36,37)33-24(19-16-21(29)18-22(30)17-19)2-1-3-25(33)27(8-9-27)38-26(35)32-12-10-31(11-13-32)14-15-34;28-22-4-7-26(8-5-22)38(35,36)33-17-20(21-13-23(29)15-24(30)14-21)3-6-25(33)18-37-27(34)32-11-9-31(10-12-32)16-19-1-2-19/h1-3,5-6,9-12,19-21,29-30H,4,7-8,13-18,22H2,(H,38,42);4-7,16-18,24-25,34H,1-3,8-15H2;4-5,7-8,13-15,19-20,25H,1-3,6,9-12,16-18H2/t29-,30+;24-,25+;20?,25-/m001/s1. The third kappa shape index (κ3) is 20.3. The second-order valence-electron chi connectivity index (χ2n) is 33.7. The zero-order valence-corrected chi connectivity index (χ0v) is 72.8. The van der Waals surface area contributed by atoms with Gasteiger partial charge in [0.15, 0.2) is 0 Å². The molecule has 0 bridgehead atoms. The number of likely N-dealkylation sites (tertiary alicyclic amines) is 1. The first-order valence-electron chi connectivity index (χ1n) is 42.1. The normalized spacial score (nSPS) is 23.7. The highest BCUT2D eigenvalue weighted by Gasteiger charge is 2.63. The van der Waals surface area contributed by atoms with Crippen molar-refractivity contribution in [1.82, 2.24) is 42.7 Å². The van der Waals surface area contributed by atoms with E-state index in [1.807, 2.05) is 30.3 Å². The Morgan fingerprint density at radius 2 is 0.871 bits per heavy atom. The van der Waals surface area contributed by atoms with E-state index in [2.05, 4.69) is 20.0 Å². The Bertz CT molecular complexity index is 5310.